The first-order valence-corrected chi connectivity index (χ1v) is 6.37. The van der Waals surface area contributed by atoms with Crippen LogP contribution in [0.1, 0.15) is 38.3 Å². The van der Waals surface area contributed by atoms with Gasteiger partial charge in [-0.2, -0.15) is 0 Å². The Morgan fingerprint density at radius 2 is 2.12 bits per heavy atom. The molecule has 1 N–H and O–H groups in total. The monoisotopic (exact) mass is 235 g/mol. The molecule has 1 aliphatic rings. The molecule has 1 saturated carbocycles. The summed E-state index contributed by atoms with van der Waals surface area (Å²) in [6.07, 6.45) is 8.55. The van der Waals surface area contributed by atoms with Crippen LogP contribution in [0.2, 0.25) is 0 Å². The highest BCUT2D eigenvalue weighted by atomic mass is 16.3. The fourth-order valence-corrected chi connectivity index (χ4v) is 2.68. The third-order valence-corrected chi connectivity index (χ3v) is 3.76. The van der Waals surface area contributed by atoms with Gasteiger partial charge < -0.3 is 10.0 Å². The summed E-state index contributed by atoms with van der Waals surface area (Å²) in [5.41, 5.74) is 0.637. The first-order chi connectivity index (χ1) is 8.22. The number of hydrogen-bond donors (Lipinski definition) is 1. The molecule has 4 heteroatoms. The van der Waals surface area contributed by atoms with Crippen LogP contribution >= 0.6 is 0 Å². The second-order valence-corrected chi connectivity index (χ2v) is 4.97. The third kappa shape index (κ3) is 2.75. The van der Waals surface area contributed by atoms with Crippen molar-refractivity contribution < 1.29 is 5.11 Å². The van der Waals surface area contributed by atoms with Crippen molar-refractivity contribution in [1.29, 1.82) is 0 Å². The molecule has 0 aliphatic heterocycles. The van der Waals surface area contributed by atoms with Crippen molar-refractivity contribution >= 4 is 5.82 Å². The van der Waals surface area contributed by atoms with Gasteiger partial charge in [0.15, 0.2) is 0 Å². The summed E-state index contributed by atoms with van der Waals surface area (Å²) in [6, 6.07) is 0.548. The summed E-state index contributed by atoms with van der Waals surface area (Å²) in [6.45, 7) is 2.26. The second-order valence-electron chi connectivity index (χ2n) is 4.97. The van der Waals surface area contributed by atoms with Gasteiger partial charge in [-0.3, -0.25) is 4.98 Å². The van der Waals surface area contributed by atoms with E-state index >= 15 is 0 Å². The van der Waals surface area contributed by atoms with Crippen LogP contribution in [0, 0.1) is 5.92 Å². The molecule has 2 atom stereocenters. The van der Waals surface area contributed by atoms with Gasteiger partial charge in [-0.05, 0) is 18.8 Å². The maximum Gasteiger partial charge on any atom is 0.147 e. The van der Waals surface area contributed by atoms with Gasteiger partial charge in [0.2, 0.25) is 0 Å². The molecule has 1 heterocycles. The Morgan fingerprint density at radius 1 is 1.35 bits per heavy atom. The number of aliphatic hydroxyl groups excluding tert-OH is 1. The summed E-state index contributed by atoms with van der Waals surface area (Å²) in [4.78, 5) is 10.8. The van der Waals surface area contributed by atoms with Crippen LogP contribution in [0.25, 0.3) is 0 Å². The highest BCUT2D eigenvalue weighted by Gasteiger charge is 2.25. The smallest absolute Gasteiger partial charge is 0.147 e. The summed E-state index contributed by atoms with van der Waals surface area (Å²) >= 11 is 0. The number of rotatable bonds is 3. The summed E-state index contributed by atoms with van der Waals surface area (Å²) in [5, 5.41) is 9.09. The van der Waals surface area contributed by atoms with Gasteiger partial charge in [-0.1, -0.05) is 19.8 Å². The van der Waals surface area contributed by atoms with E-state index in [1.807, 2.05) is 0 Å². The van der Waals surface area contributed by atoms with E-state index in [9.17, 15) is 0 Å². The fourth-order valence-electron chi connectivity index (χ4n) is 2.68. The molecule has 1 aliphatic carbocycles. The lowest BCUT2D eigenvalue weighted by Gasteiger charge is -2.36. The Hall–Kier alpha value is -1.16. The minimum atomic E-state index is -0.0467. The van der Waals surface area contributed by atoms with Crippen LogP contribution in [0.15, 0.2) is 12.4 Å². The highest BCUT2D eigenvalue weighted by molar-refractivity contribution is 5.37. The Morgan fingerprint density at radius 3 is 2.82 bits per heavy atom. The van der Waals surface area contributed by atoms with Crippen LogP contribution in [0.3, 0.4) is 0 Å². The van der Waals surface area contributed by atoms with E-state index in [1.165, 1.54) is 25.7 Å². The quantitative estimate of drug-likeness (QED) is 0.870. The first kappa shape index (κ1) is 12.3. The summed E-state index contributed by atoms with van der Waals surface area (Å²) in [7, 11) is 2.08. The molecule has 2 unspecified atom stereocenters. The Bertz CT molecular complexity index is 369. The van der Waals surface area contributed by atoms with E-state index in [0.717, 1.165) is 5.82 Å². The molecular weight excluding hydrogens is 214 g/mol. The average Bonchev–Trinajstić information content (AvgIpc) is 2.38. The van der Waals surface area contributed by atoms with E-state index in [0.29, 0.717) is 17.7 Å². The summed E-state index contributed by atoms with van der Waals surface area (Å²) < 4.78 is 0. The molecule has 17 heavy (non-hydrogen) atoms. The molecule has 1 fully saturated rings. The van der Waals surface area contributed by atoms with Gasteiger partial charge in [0.05, 0.1) is 24.7 Å². The first-order valence-electron chi connectivity index (χ1n) is 6.37. The molecule has 0 radical (unpaired) electrons. The van der Waals surface area contributed by atoms with Crippen molar-refractivity contribution in [2.24, 2.45) is 5.92 Å². The van der Waals surface area contributed by atoms with E-state index < -0.39 is 0 Å². The van der Waals surface area contributed by atoms with Crippen LogP contribution in [0.4, 0.5) is 5.82 Å². The molecule has 0 saturated heterocycles. The lowest BCUT2D eigenvalue weighted by molar-refractivity contribution is 0.276. The van der Waals surface area contributed by atoms with Crippen molar-refractivity contribution in [1.82, 2.24) is 9.97 Å². The molecular formula is C13H21N3O. The van der Waals surface area contributed by atoms with E-state index in [2.05, 4.69) is 28.8 Å². The Labute approximate surface area is 103 Å². The van der Waals surface area contributed by atoms with Crippen LogP contribution in [-0.2, 0) is 6.61 Å². The number of hydrogen-bond acceptors (Lipinski definition) is 4. The maximum absolute atomic E-state index is 9.09. The normalized spacial score (nSPS) is 24.6. The third-order valence-electron chi connectivity index (χ3n) is 3.76. The molecule has 0 spiro atoms. The van der Waals surface area contributed by atoms with Crippen LogP contribution < -0.4 is 4.90 Å². The predicted octanol–water partition coefficient (Wildman–Crippen LogP) is 1.98. The van der Waals surface area contributed by atoms with Crippen LogP contribution in [-0.4, -0.2) is 28.2 Å². The van der Waals surface area contributed by atoms with Crippen molar-refractivity contribution in [3.05, 3.63) is 18.1 Å². The van der Waals surface area contributed by atoms with Gasteiger partial charge in [0.25, 0.3) is 0 Å². The molecule has 2 rings (SSSR count). The summed E-state index contributed by atoms with van der Waals surface area (Å²) in [5.74, 6) is 1.57. The van der Waals surface area contributed by atoms with Crippen molar-refractivity contribution in [3.8, 4) is 0 Å². The average molecular weight is 235 g/mol. The SMILES string of the molecule is CC1CCCCC1N(C)c1cncc(CO)n1. The lowest BCUT2D eigenvalue weighted by atomic mass is 9.85. The number of aliphatic hydroxyl groups is 1. The van der Waals surface area contributed by atoms with Gasteiger partial charge in [-0.15, -0.1) is 0 Å². The van der Waals surface area contributed by atoms with Crippen molar-refractivity contribution in [2.75, 3.05) is 11.9 Å². The molecule has 0 aromatic carbocycles. The van der Waals surface area contributed by atoms with Crippen molar-refractivity contribution in [2.45, 2.75) is 45.3 Å². The minimum Gasteiger partial charge on any atom is -0.390 e. The lowest BCUT2D eigenvalue weighted by Crippen LogP contribution is -2.39. The van der Waals surface area contributed by atoms with Crippen molar-refractivity contribution in [3.63, 3.8) is 0 Å². The number of nitrogens with zero attached hydrogens (tertiary/aromatic N) is 3. The van der Waals surface area contributed by atoms with E-state index in [-0.39, 0.29) is 6.61 Å². The maximum atomic E-state index is 9.09. The molecule has 94 valence electrons. The zero-order valence-corrected chi connectivity index (χ0v) is 10.6. The van der Waals surface area contributed by atoms with E-state index in [1.54, 1.807) is 12.4 Å². The van der Waals surface area contributed by atoms with Gasteiger partial charge >= 0.3 is 0 Å². The zero-order valence-electron chi connectivity index (χ0n) is 10.6. The Kier molecular flexibility index (Phi) is 3.94. The Balaban J connectivity index is 2.14. The predicted molar refractivity (Wildman–Crippen MR) is 67.8 cm³/mol. The fraction of sp³-hybridized carbons (Fsp3) is 0.692. The largest absolute Gasteiger partial charge is 0.390 e. The topological polar surface area (TPSA) is 49.2 Å². The van der Waals surface area contributed by atoms with Gasteiger partial charge in [-0.25, -0.2) is 4.98 Å². The molecule has 1 aromatic heterocycles. The number of aromatic nitrogens is 2. The second kappa shape index (κ2) is 5.45. The zero-order chi connectivity index (χ0) is 12.3. The van der Waals surface area contributed by atoms with Crippen LogP contribution in [0.5, 0.6) is 0 Å². The molecule has 1 aromatic rings. The molecule has 4 nitrogen and oxygen atoms in total. The van der Waals surface area contributed by atoms with E-state index in [4.69, 9.17) is 5.11 Å². The minimum absolute atomic E-state index is 0.0467. The van der Waals surface area contributed by atoms with Gasteiger partial charge in [0, 0.05) is 13.1 Å². The molecule has 0 bridgehead atoms. The molecule has 0 amide bonds. The number of anilines is 1. The highest BCUT2D eigenvalue weighted by Crippen LogP contribution is 2.29. The van der Waals surface area contributed by atoms with Gasteiger partial charge in [0.1, 0.15) is 5.82 Å². The standard InChI is InChI=1S/C13H21N3O/c1-10-5-3-4-6-12(10)16(2)13-8-14-7-11(9-17)15-13/h7-8,10,12,17H,3-6,9H2,1-2H3.